The fourth-order valence-corrected chi connectivity index (χ4v) is 2.68. The number of imidazole rings is 1. The van der Waals surface area contributed by atoms with Gasteiger partial charge in [0.1, 0.15) is 19.0 Å². The van der Waals surface area contributed by atoms with E-state index in [1.165, 1.54) is 0 Å². The summed E-state index contributed by atoms with van der Waals surface area (Å²) in [5.74, 6) is 0.646. The third-order valence-corrected chi connectivity index (χ3v) is 3.82. The summed E-state index contributed by atoms with van der Waals surface area (Å²) in [5.41, 5.74) is 2.61. The van der Waals surface area contributed by atoms with E-state index in [9.17, 15) is 4.79 Å². The summed E-state index contributed by atoms with van der Waals surface area (Å²) in [4.78, 5) is 21.3. The molecule has 0 saturated heterocycles. The average molecular weight is 324 g/mol. The SMILES string of the molecule is COCc1nc2ccccc2n1CC(=O)N[C@H](C)c1ccccn1. The Hall–Kier alpha value is -2.73. The number of hydrogen-bond acceptors (Lipinski definition) is 4. The molecular weight excluding hydrogens is 304 g/mol. The van der Waals surface area contributed by atoms with Gasteiger partial charge in [0.05, 0.1) is 22.8 Å². The van der Waals surface area contributed by atoms with E-state index in [0.717, 1.165) is 22.6 Å². The number of nitrogens with zero attached hydrogens (tertiary/aromatic N) is 3. The topological polar surface area (TPSA) is 69.0 Å². The maximum absolute atomic E-state index is 12.5. The number of hydrogen-bond donors (Lipinski definition) is 1. The van der Waals surface area contributed by atoms with Crippen LogP contribution in [0.15, 0.2) is 48.7 Å². The number of rotatable bonds is 6. The second-order valence-corrected chi connectivity index (χ2v) is 5.58. The smallest absolute Gasteiger partial charge is 0.240 e. The van der Waals surface area contributed by atoms with E-state index in [2.05, 4.69) is 15.3 Å². The number of para-hydroxylation sites is 2. The molecule has 1 N–H and O–H groups in total. The minimum Gasteiger partial charge on any atom is -0.377 e. The highest BCUT2D eigenvalue weighted by Crippen LogP contribution is 2.17. The number of ether oxygens (including phenoxy) is 1. The number of methoxy groups -OCH3 is 1. The van der Waals surface area contributed by atoms with E-state index in [1.807, 2.05) is 54.0 Å². The number of carbonyl (C=O) groups excluding carboxylic acids is 1. The van der Waals surface area contributed by atoms with Crippen LogP contribution < -0.4 is 5.32 Å². The lowest BCUT2D eigenvalue weighted by Gasteiger charge is -2.15. The maximum atomic E-state index is 12.5. The number of aromatic nitrogens is 3. The van der Waals surface area contributed by atoms with Crippen LogP contribution >= 0.6 is 0 Å². The van der Waals surface area contributed by atoms with E-state index >= 15 is 0 Å². The first kappa shape index (κ1) is 16.1. The molecular formula is C18H20N4O2. The van der Waals surface area contributed by atoms with Crippen molar-refractivity contribution in [1.82, 2.24) is 19.9 Å². The zero-order chi connectivity index (χ0) is 16.9. The van der Waals surface area contributed by atoms with Gasteiger partial charge in [-0.05, 0) is 31.2 Å². The summed E-state index contributed by atoms with van der Waals surface area (Å²) < 4.78 is 7.09. The first-order chi connectivity index (χ1) is 11.7. The molecule has 0 radical (unpaired) electrons. The Balaban J connectivity index is 1.79. The Morgan fingerprint density at radius 3 is 2.79 bits per heavy atom. The van der Waals surface area contributed by atoms with Gasteiger partial charge in [-0.2, -0.15) is 0 Å². The molecule has 1 atom stereocenters. The van der Waals surface area contributed by atoms with Crippen LogP contribution in [-0.2, 0) is 22.7 Å². The van der Waals surface area contributed by atoms with Crippen molar-refractivity contribution < 1.29 is 9.53 Å². The Morgan fingerprint density at radius 2 is 2.04 bits per heavy atom. The molecule has 0 spiro atoms. The molecule has 0 bridgehead atoms. The molecule has 0 aliphatic rings. The maximum Gasteiger partial charge on any atom is 0.240 e. The summed E-state index contributed by atoms with van der Waals surface area (Å²) in [5, 5.41) is 2.98. The van der Waals surface area contributed by atoms with Crippen molar-refractivity contribution in [3.8, 4) is 0 Å². The fourth-order valence-electron chi connectivity index (χ4n) is 2.68. The molecule has 0 fully saturated rings. The number of pyridine rings is 1. The van der Waals surface area contributed by atoms with Crippen LogP contribution in [-0.4, -0.2) is 27.6 Å². The molecule has 3 aromatic rings. The molecule has 24 heavy (non-hydrogen) atoms. The summed E-state index contributed by atoms with van der Waals surface area (Å²) in [6, 6.07) is 13.3. The summed E-state index contributed by atoms with van der Waals surface area (Å²) in [6.07, 6.45) is 1.72. The van der Waals surface area contributed by atoms with Crippen molar-refractivity contribution >= 4 is 16.9 Å². The van der Waals surface area contributed by atoms with Gasteiger partial charge in [-0.3, -0.25) is 9.78 Å². The number of benzene rings is 1. The van der Waals surface area contributed by atoms with E-state index < -0.39 is 0 Å². The molecule has 1 amide bonds. The second-order valence-electron chi connectivity index (χ2n) is 5.58. The van der Waals surface area contributed by atoms with Crippen LogP contribution in [0.25, 0.3) is 11.0 Å². The molecule has 124 valence electrons. The molecule has 0 aliphatic carbocycles. The Labute approximate surface area is 140 Å². The van der Waals surface area contributed by atoms with Crippen LogP contribution in [0.5, 0.6) is 0 Å². The molecule has 2 aromatic heterocycles. The van der Waals surface area contributed by atoms with Gasteiger partial charge in [-0.1, -0.05) is 18.2 Å². The van der Waals surface area contributed by atoms with Crippen molar-refractivity contribution in [2.45, 2.75) is 26.1 Å². The molecule has 6 nitrogen and oxygen atoms in total. The van der Waals surface area contributed by atoms with Gasteiger partial charge in [0.2, 0.25) is 5.91 Å². The zero-order valence-corrected chi connectivity index (χ0v) is 13.8. The Bertz CT molecular complexity index is 829. The minimum atomic E-state index is -0.153. The van der Waals surface area contributed by atoms with Crippen molar-refractivity contribution in [1.29, 1.82) is 0 Å². The van der Waals surface area contributed by atoms with E-state index in [4.69, 9.17) is 4.74 Å². The highest BCUT2D eigenvalue weighted by atomic mass is 16.5. The number of carbonyl (C=O) groups is 1. The van der Waals surface area contributed by atoms with Gasteiger partial charge in [0, 0.05) is 13.3 Å². The van der Waals surface area contributed by atoms with Crippen molar-refractivity contribution in [3.63, 3.8) is 0 Å². The van der Waals surface area contributed by atoms with Crippen molar-refractivity contribution in [2.24, 2.45) is 0 Å². The largest absolute Gasteiger partial charge is 0.377 e. The molecule has 2 heterocycles. The molecule has 1 aromatic carbocycles. The summed E-state index contributed by atoms with van der Waals surface area (Å²) >= 11 is 0. The molecule has 0 saturated carbocycles. The Morgan fingerprint density at radius 1 is 1.25 bits per heavy atom. The van der Waals surface area contributed by atoms with E-state index in [1.54, 1.807) is 13.3 Å². The fraction of sp³-hybridized carbons (Fsp3) is 0.278. The summed E-state index contributed by atoms with van der Waals surface area (Å²) in [6.45, 7) is 2.47. The standard InChI is InChI=1S/C18H20N4O2/c1-13(14-7-5-6-10-19-14)20-18(23)11-22-16-9-4-3-8-15(16)21-17(22)12-24-2/h3-10,13H,11-12H2,1-2H3,(H,20,23)/t13-/m1/s1. The lowest BCUT2D eigenvalue weighted by atomic mass is 10.2. The quantitative estimate of drug-likeness (QED) is 0.756. The zero-order valence-electron chi connectivity index (χ0n) is 13.8. The minimum absolute atomic E-state index is 0.0892. The van der Waals surface area contributed by atoms with Gasteiger partial charge in [-0.15, -0.1) is 0 Å². The number of amides is 1. The molecule has 6 heteroatoms. The highest BCUT2D eigenvalue weighted by molar-refractivity contribution is 5.81. The lowest BCUT2D eigenvalue weighted by molar-refractivity contribution is -0.122. The van der Waals surface area contributed by atoms with E-state index in [-0.39, 0.29) is 18.5 Å². The van der Waals surface area contributed by atoms with Crippen molar-refractivity contribution in [2.75, 3.05) is 7.11 Å². The van der Waals surface area contributed by atoms with Crippen LogP contribution in [0.1, 0.15) is 24.5 Å². The van der Waals surface area contributed by atoms with Crippen LogP contribution in [0.4, 0.5) is 0 Å². The van der Waals surface area contributed by atoms with Crippen LogP contribution in [0, 0.1) is 0 Å². The first-order valence-electron chi connectivity index (χ1n) is 7.82. The van der Waals surface area contributed by atoms with Gasteiger partial charge >= 0.3 is 0 Å². The van der Waals surface area contributed by atoms with Gasteiger partial charge < -0.3 is 14.6 Å². The summed E-state index contributed by atoms with van der Waals surface area (Å²) in [7, 11) is 1.62. The van der Waals surface area contributed by atoms with Gasteiger partial charge in [0.25, 0.3) is 0 Å². The average Bonchev–Trinajstić information content (AvgIpc) is 2.93. The van der Waals surface area contributed by atoms with E-state index in [0.29, 0.717) is 6.61 Å². The molecule has 3 rings (SSSR count). The third-order valence-electron chi connectivity index (χ3n) is 3.82. The number of fused-ring (bicyclic) bond motifs is 1. The monoisotopic (exact) mass is 324 g/mol. The predicted octanol–water partition coefficient (Wildman–Crippen LogP) is 2.46. The lowest BCUT2D eigenvalue weighted by Crippen LogP contribution is -2.31. The molecule has 0 aliphatic heterocycles. The van der Waals surface area contributed by atoms with Gasteiger partial charge in [0.15, 0.2) is 0 Å². The van der Waals surface area contributed by atoms with Crippen molar-refractivity contribution in [3.05, 3.63) is 60.2 Å². The van der Waals surface area contributed by atoms with Crippen LogP contribution in [0.3, 0.4) is 0 Å². The number of nitrogens with one attached hydrogen (secondary N) is 1. The van der Waals surface area contributed by atoms with Crippen LogP contribution in [0.2, 0.25) is 0 Å². The predicted molar refractivity (Wildman–Crippen MR) is 91.2 cm³/mol. The second kappa shape index (κ2) is 7.23. The highest BCUT2D eigenvalue weighted by Gasteiger charge is 2.15. The van der Waals surface area contributed by atoms with Gasteiger partial charge in [-0.25, -0.2) is 4.98 Å². The first-order valence-corrected chi connectivity index (χ1v) is 7.82. The molecule has 0 unspecified atom stereocenters. The Kier molecular flexibility index (Phi) is 4.86. The normalized spacial score (nSPS) is 12.2. The third kappa shape index (κ3) is 3.44.